The molecule has 0 saturated carbocycles. The lowest BCUT2D eigenvalue weighted by Gasteiger charge is -2.32. The summed E-state index contributed by atoms with van der Waals surface area (Å²) < 4.78 is 22.7. The molecule has 1 aromatic heterocycles. The lowest BCUT2D eigenvalue weighted by atomic mass is 9.78. The van der Waals surface area contributed by atoms with Crippen LogP contribution in [-0.4, -0.2) is 43.6 Å². The molecule has 6 heteroatoms. The summed E-state index contributed by atoms with van der Waals surface area (Å²) in [5.74, 6) is 0.697. The normalized spacial score (nSPS) is 19.8. The van der Waals surface area contributed by atoms with Gasteiger partial charge >= 0.3 is 7.12 Å². The van der Waals surface area contributed by atoms with Gasteiger partial charge in [0, 0.05) is 18.3 Å². The lowest BCUT2D eigenvalue weighted by Crippen LogP contribution is -2.41. The third kappa shape index (κ3) is 3.39. The highest BCUT2D eigenvalue weighted by Gasteiger charge is 2.52. The van der Waals surface area contributed by atoms with Gasteiger partial charge in [0.2, 0.25) is 0 Å². The molecule has 0 spiro atoms. The molecule has 1 aliphatic rings. The second kappa shape index (κ2) is 5.95. The van der Waals surface area contributed by atoms with Crippen LogP contribution in [0.15, 0.2) is 12.3 Å². The van der Waals surface area contributed by atoms with Crippen LogP contribution in [0.25, 0.3) is 0 Å². The van der Waals surface area contributed by atoms with Crippen molar-refractivity contribution < 1.29 is 18.8 Å². The highest BCUT2D eigenvalue weighted by molar-refractivity contribution is 6.62. The first-order chi connectivity index (χ1) is 9.77. The van der Waals surface area contributed by atoms with Crippen molar-refractivity contribution in [2.45, 2.75) is 45.8 Å². The Labute approximate surface area is 127 Å². The molecule has 0 aromatic carbocycles. The molecule has 0 bridgehead atoms. The molecule has 5 nitrogen and oxygen atoms in total. The molecule has 1 aromatic rings. The second-order valence-corrected chi connectivity index (χ2v) is 6.28. The number of aromatic nitrogens is 1. The predicted molar refractivity (Wildman–Crippen MR) is 82.1 cm³/mol. The zero-order valence-corrected chi connectivity index (χ0v) is 13.7. The molecule has 0 radical (unpaired) electrons. The Bertz CT molecular complexity index is 488. The Hall–Kier alpha value is -1.11. The van der Waals surface area contributed by atoms with Gasteiger partial charge in [-0.25, -0.2) is 0 Å². The Morgan fingerprint density at radius 2 is 1.76 bits per heavy atom. The van der Waals surface area contributed by atoms with E-state index in [4.69, 9.17) is 18.8 Å². The van der Waals surface area contributed by atoms with E-state index in [0.29, 0.717) is 19.0 Å². The van der Waals surface area contributed by atoms with Crippen molar-refractivity contribution >= 4 is 12.6 Å². The maximum absolute atomic E-state index is 6.07. The number of nitrogens with zero attached hydrogens (tertiary/aromatic N) is 1. The Morgan fingerprint density at radius 3 is 2.33 bits per heavy atom. The van der Waals surface area contributed by atoms with Gasteiger partial charge in [-0.05, 0) is 40.7 Å². The van der Waals surface area contributed by atoms with Crippen molar-refractivity contribution in [2.75, 3.05) is 20.3 Å². The number of pyridine rings is 1. The van der Waals surface area contributed by atoms with E-state index in [1.165, 1.54) is 0 Å². The van der Waals surface area contributed by atoms with Crippen LogP contribution in [0.5, 0.6) is 5.75 Å². The highest BCUT2D eigenvalue weighted by atomic mass is 16.7. The maximum atomic E-state index is 6.07. The summed E-state index contributed by atoms with van der Waals surface area (Å²) >= 11 is 0. The molecular weight excluding hydrogens is 269 g/mol. The van der Waals surface area contributed by atoms with Crippen LogP contribution in [0.3, 0.4) is 0 Å². The van der Waals surface area contributed by atoms with Gasteiger partial charge in [-0.1, -0.05) is 0 Å². The van der Waals surface area contributed by atoms with E-state index in [-0.39, 0.29) is 11.2 Å². The first kappa shape index (κ1) is 16.3. The minimum atomic E-state index is -0.423. The van der Waals surface area contributed by atoms with E-state index >= 15 is 0 Å². The molecule has 0 atom stereocenters. The van der Waals surface area contributed by atoms with Crippen LogP contribution >= 0.6 is 0 Å². The van der Waals surface area contributed by atoms with Crippen LogP contribution in [-0.2, 0) is 14.0 Å². The number of rotatable bonds is 5. The fourth-order valence-electron chi connectivity index (χ4n) is 2.06. The molecule has 2 heterocycles. The van der Waals surface area contributed by atoms with Gasteiger partial charge in [0.15, 0.2) is 0 Å². The highest BCUT2D eigenvalue weighted by Crippen LogP contribution is 2.36. The van der Waals surface area contributed by atoms with Gasteiger partial charge in [-0.3, -0.25) is 4.98 Å². The molecule has 21 heavy (non-hydrogen) atoms. The number of methoxy groups -OCH3 is 1. The first-order valence-corrected chi connectivity index (χ1v) is 7.21. The van der Waals surface area contributed by atoms with Crippen molar-refractivity contribution in [3.8, 4) is 5.75 Å². The predicted octanol–water partition coefficient (Wildman–Crippen LogP) is 1.71. The monoisotopic (exact) mass is 293 g/mol. The minimum Gasteiger partial charge on any atom is -0.490 e. The summed E-state index contributed by atoms with van der Waals surface area (Å²) in [6.07, 6.45) is 1.71. The van der Waals surface area contributed by atoms with Crippen LogP contribution in [0.1, 0.15) is 33.4 Å². The smallest absolute Gasteiger partial charge is 0.490 e. The summed E-state index contributed by atoms with van der Waals surface area (Å²) in [5.41, 5.74) is 1.06. The molecule has 0 amide bonds. The van der Waals surface area contributed by atoms with Crippen LogP contribution in [0, 0.1) is 6.92 Å². The van der Waals surface area contributed by atoms with E-state index in [9.17, 15) is 0 Å². The second-order valence-electron chi connectivity index (χ2n) is 6.28. The summed E-state index contributed by atoms with van der Waals surface area (Å²) in [6.45, 7) is 11.1. The van der Waals surface area contributed by atoms with Crippen LogP contribution in [0.2, 0.25) is 0 Å². The van der Waals surface area contributed by atoms with Gasteiger partial charge in [0.25, 0.3) is 0 Å². The molecular formula is C15H24BNO4. The van der Waals surface area contributed by atoms with E-state index in [1.807, 2.05) is 40.7 Å². The minimum absolute atomic E-state index is 0.364. The van der Waals surface area contributed by atoms with Crippen LogP contribution < -0.4 is 10.2 Å². The van der Waals surface area contributed by atoms with Crippen molar-refractivity contribution in [3.05, 3.63) is 18.0 Å². The maximum Gasteiger partial charge on any atom is 0.496 e. The quantitative estimate of drug-likeness (QED) is 0.611. The topological polar surface area (TPSA) is 49.8 Å². The first-order valence-electron chi connectivity index (χ1n) is 7.21. The summed E-state index contributed by atoms with van der Waals surface area (Å²) in [5, 5.41) is 0. The average molecular weight is 293 g/mol. The van der Waals surface area contributed by atoms with Crippen molar-refractivity contribution in [3.63, 3.8) is 0 Å². The zero-order valence-electron chi connectivity index (χ0n) is 13.7. The molecule has 0 N–H and O–H groups in total. The SMILES string of the molecule is COCCOc1cnc(C)c(B2OC(C)(C)C(C)(C)O2)c1. The van der Waals surface area contributed by atoms with Gasteiger partial charge in [-0.15, -0.1) is 0 Å². The van der Waals surface area contributed by atoms with Crippen molar-refractivity contribution in [1.29, 1.82) is 0 Å². The standard InChI is InChI=1S/C15H24BNO4/c1-11-13(9-12(10-17-11)19-8-7-18-6)16-20-14(2,3)15(4,5)21-16/h9-10H,7-8H2,1-6H3. The molecule has 1 saturated heterocycles. The Kier molecular flexibility index (Phi) is 4.61. The van der Waals surface area contributed by atoms with Gasteiger partial charge < -0.3 is 18.8 Å². The summed E-state index contributed by atoms with van der Waals surface area (Å²) in [6, 6.07) is 1.93. The largest absolute Gasteiger partial charge is 0.496 e. The van der Waals surface area contributed by atoms with E-state index < -0.39 is 7.12 Å². The molecule has 2 rings (SSSR count). The van der Waals surface area contributed by atoms with Crippen LogP contribution in [0.4, 0.5) is 0 Å². The number of aryl methyl sites for hydroxylation is 1. The van der Waals surface area contributed by atoms with Crippen molar-refractivity contribution in [1.82, 2.24) is 4.98 Å². The zero-order chi connectivity index (χ0) is 15.7. The van der Waals surface area contributed by atoms with E-state index in [0.717, 1.165) is 11.2 Å². The van der Waals surface area contributed by atoms with Gasteiger partial charge in [0.05, 0.1) is 24.0 Å². The van der Waals surface area contributed by atoms with Gasteiger partial charge in [0.1, 0.15) is 12.4 Å². The number of hydrogen-bond acceptors (Lipinski definition) is 5. The molecule has 0 unspecified atom stereocenters. The van der Waals surface area contributed by atoms with Gasteiger partial charge in [-0.2, -0.15) is 0 Å². The lowest BCUT2D eigenvalue weighted by molar-refractivity contribution is 0.00578. The molecule has 1 fully saturated rings. The fourth-order valence-corrected chi connectivity index (χ4v) is 2.06. The number of ether oxygens (including phenoxy) is 2. The fraction of sp³-hybridized carbons (Fsp3) is 0.667. The van der Waals surface area contributed by atoms with Crippen molar-refractivity contribution in [2.24, 2.45) is 0 Å². The van der Waals surface area contributed by atoms with E-state index in [1.54, 1.807) is 13.3 Å². The molecule has 0 aliphatic carbocycles. The third-order valence-electron chi connectivity index (χ3n) is 4.16. The Morgan fingerprint density at radius 1 is 1.14 bits per heavy atom. The number of hydrogen-bond donors (Lipinski definition) is 0. The molecule has 116 valence electrons. The Balaban J connectivity index is 2.18. The summed E-state index contributed by atoms with van der Waals surface area (Å²) in [4.78, 5) is 4.37. The average Bonchev–Trinajstić information content (AvgIpc) is 2.60. The molecule has 1 aliphatic heterocycles. The van der Waals surface area contributed by atoms with E-state index in [2.05, 4.69) is 4.98 Å². The third-order valence-corrected chi connectivity index (χ3v) is 4.16. The summed E-state index contributed by atoms with van der Waals surface area (Å²) in [7, 11) is 1.22.